The second-order valence-corrected chi connectivity index (χ2v) is 4.86. The van der Waals surface area contributed by atoms with Crippen LogP contribution in [-0.4, -0.2) is 24.4 Å². The van der Waals surface area contributed by atoms with Gasteiger partial charge < -0.3 is 15.4 Å². The highest BCUT2D eigenvalue weighted by Gasteiger charge is 2.15. The molecule has 0 aliphatic carbocycles. The molecule has 1 saturated heterocycles. The molecule has 1 aromatic rings. The van der Waals surface area contributed by atoms with Crippen molar-refractivity contribution in [1.82, 2.24) is 5.32 Å². The van der Waals surface area contributed by atoms with Crippen molar-refractivity contribution in [3.8, 4) is 0 Å². The van der Waals surface area contributed by atoms with Crippen LogP contribution in [0.1, 0.15) is 18.4 Å². The third kappa shape index (κ3) is 3.65. The van der Waals surface area contributed by atoms with Gasteiger partial charge in [-0.25, -0.2) is 4.39 Å². The van der Waals surface area contributed by atoms with Crippen LogP contribution in [0.15, 0.2) is 18.2 Å². The number of rotatable bonds is 3. The number of hydrogen-bond donors (Lipinski definition) is 2. The normalized spacial score (nSPS) is 18.7. The Morgan fingerprint density at radius 2 is 2.39 bits per heavy atom. The third-order valence-corrected chi connectivity index (χ3v) is 3.13. The minimum Gasteiger partial charge on any atom is -0.376 e. The lowest BCUT2D eigenvalue weighted by atomic mass is 10.2. The van der Waals surface area contributed by atoms with E-state index in [4.69, 9.17) is 17.0 Å². The lowest BCUT2D eigenvalue weighted by molar-refractivity contribution is 0.114. The Morgan fingerprint density at radius 3 is 3.11 bits per heavy atom. The molecule has 0 amide bonds. The van der Waals surface area contributed by atoms with E-state index < -0.39 is 0 Å². The van der Waals surface area contributed by atoms with Gasteiger partial charge in [-0.3, -0.25) is 0 Å². The predicted molar refractivity (Wildman–Crippen MR) is 74.3 cm³/mol. The van der Waals surface area contributed by atoms with Crippen LogP contribution >= 0.6 is 12.2 Å². The molecule has 0 bridgehead atoms. The summed E-state index contributed by atoms with van der Waals surface area (Å²) >= 11 is 5.13. The number of ether oxygens (including phenoxy) is 1. The molecule has 1 fully saturated rings. The molecular weight excluding hydrogens is 251 g/mol. The zero-order valence-electron chi connectivity index (χ0n) is 10.3. The number of aryl methyl sites for hydroxylation is 1. The molecule has 98 valence electrons. The molecule has 3 nitrogen and oxygen atoms in total. The molecule has 1 atom stereocenters. The van der Waals surface area contributed by atoms with E-state index in [9.17, 15) is 4.39 Å². The predicted octanol–water partition coefficient (Wildman–Crippen LogP) is 2.60. The summed E-state index contributed by atoms with van der Waals surface area (Å²) < 4.78 is 19.0. The maximum atomic E-state index is 13.5. The topological polar surface area (TPSA) is 33.3 Å². The van der Waals surface area contributed by atoms with Crippen LogP contribution in [0.5, 0.6) is 0 Å². The number of thiocarbonyl (C=S) groups is 1. The molecule has 1 heterocycles. The Hall–Kier alpha value is -1.20. The number of halogens is 1. The van der Waals surface area contributed by atoms with Crippen LogP contribution in [0.25, 0.3) is 0 Å². The standard InChI is InChI=1S/C13H17FN2OS/c1-9-4-5-11(14)12(7-9)16-13(18)15-8-10-3-2-6-17-10/h4-5,7,10H,2-3,6,8H2,1H3,(H2,15,16,18)/t10-/m0/s1. The first-order valence-corrected chi connectivity index (χ1v) is 6.48. The number of benzene rings is 1. The summed E-state index contributed by atoms with van der Waals surface area (Å²) in [6.07, 6.45) is 2.36. The molecule has 0 unspecified atom stereocenters. The number of hydrogen-bond acceptors (Lipinski definition) is 2. The third-order valence-electron chi connectivity index (χ3n) is 2.88. The first-order valence-electron chi connectivity index (χ1n) is 6.08. The van der Waals surface area contributed by atoms with E-state index in [0.717, 1.165) is 25.0 Å². The van der Waals surface area contributed by atoms with Crippen LogP contribution in [-0.2, 0) is 4.74 Å². The van der Waals surface area contributed by atoms with Crippen molar-refractivity contribution in [1.29, 1.82) is 0 Å². The van der Waals surface area contributed by atoms with Gasteiger partial charge in [0.15, 0.2) is 5.11 Å². The van der Waals surface area contributed by atoms with Gasteiger partial charge in [0.2, 0.25) is 0 Å². The van der Waals surface area contributed by atoms with Gasteiger partial charge in [-0.05, 0) is 49.7 Å². The smallest absolute Gasteiger partial charge is 0.170 e. The molecule has 18 heavy (non-hydrogen) atoms. The SMILES string of the molecule is Cc1ccc(F)c(NC(=S)NC[C@@H]2CCCO2)c1. The van der Waals surface area contributed by atoms with Gasteiger partial charge in [0.05, 0.1) is 11.8 Å². The lowest BCUT2D eigenvalue weighted by Crippen LogP contribution is -2.35. The van der Waals surface area contributed by atoms with Gasteiger partial charge in [0.1, 0.15) is 5.82 Å². The van der Waals surface area contributed by atoms with Crippen LogP contribution in [0.3, 0.4) is 0 Å². The molecular formula is C13H17FN2OS. The minimum atomic E-state index is -0.304. The van der Waals surface area contributed by atoms with Crippen molar-refractivity contribution in [3.63, 3.8) is 0 Å². The van der Waals surface area contributed by atoms with Crippen LogP contribution in [0.2, 0.25) is 0 Å². The first kappa shape index (κ1) is 13.2. The average Bonchev–Trinajstić information content (AvgIpc) is 2.84. The summed E-state index contributed by atoms with van der Waals surface area (Å²) in [6, 6.07) is 4.89. The van der Waals surface area contributed by atoms with Crippen LogP contribution < -0.4 is 10.6 Å². The van der Waals surface area contributed by atoms with Crippen molar-refractivity contribution >= 4 is 23.0 Å². The number of anilines is 1. The first-order chi connectivity index (χ1) is 8.65. The molecule has 1 aliphatic rings. The molecule has 1 aliphatic heterocycles. The van der Waals surface area contributed by atoms with Crippen molar-refractivity contribution < 1.29 is 9.13 Å². The highest BCUT2D eigenvalue weighted by Crippen LogP contribution is 2.15. The second kappa shape index (κ2) is 6.11. The largest absolute Gasteiger partial charge is 0.376 e. The molecule has 0 aromatic heterocycles. The van der Waals surface area contributed by atoms with Gasteiger partial charge in [0, 0.05) is 13.2 Å². The highest BCUT2D eigenvalue weighted by molar-refractivity contribution is 7.80. The van der Waals surface area contributed by atoms with Crippen LogP contribution in [0, 0.1) is 12.7 Å². The molecule has 0 saturated carbocycles. The average molecular weight is 268 g/mol. The lowest BCUT2D eigenvalue weighted by Gasteiger charge is -2.14. The van der Waals surface area contributed by atoms with Crippen molar-refractivity contribution in [3.05, 3.63) is 29.6 Å². The Balaban J connectivity index is 1.84. The summed E-state index contributed by atoms with van der Waals surface area (Å²) in [5.74, 6) is -0.304. The van der Waals surface area contributed by atoms with Crippen molar-refractivity contribution in [2.75, 3.05) is 18.5 Å². The van der Waals surface area contributed by atoms with Gasteiger partial charge in [-0.1, -0.05) is 6.07 Å². The van der Waals surface area contributed by atoms with E-state index in [0.29, 0.717) is 17.3 Å². The summed E-state index contributed by atoms with van der Waals surface area (Å²) in [6.45, 7) is 3.39. The fourth-order valence-electron chi connectivity index (χ4n) is 1.91. The van der Waals surface area contributed by atoms with E-state index in [1.165, 1.54) is 6.07 Å². The molecule has 2 N–H and O–H groups in total. The molecule has 0 radical (unpaired) electrons. The van der Waals surface area contributed by atoms with E-state index in [1.807, 2.05) is 6.92 Å². The Kier molecular flexibility index (Phi) is 4.49. The fourth-order valence-corrected chi connectivity index (χ4v) is 2.11. The van der Waals surface area contributed by atoms with Gasteiger partial charge in [-0.2, -0.15) is 0 Å². The Bertz CT molecular complexity index is 433. The van der Waals surface area contributed by atoms with E-state index >= 15 is 0 Å². The van der Waals surface area contributed by atoms with E-state index in [1.54, 1.807) is 12.1 Å². The molecule has 2 rings (SSSR count). The maximum absolute atomic E-state index is 13.5. The fraction of sp³-hybridized carbons (Fsp3) is 0.462. The zero-order valence-corrected chi connectivity index (χ0v) is 11.1. The van der Waals surface area contributed by atoms with Gasteiger partial charge in [-0.15, -0.1) is 0 Å². The number of nitrogens with one attached hydrogen (secondary N) is 2. The van der Waals surface area contributed by atoms with Crippen molar-refractivity contribution in [2.45, 2.75) is 25.9 Å². The summed E-state index contributed by atoms with van der Waals surface area (Å²) in [5, 5.41) is 6.34. The molecule has 5 heteroatoms. The van der Waals surface area contributed by atoms with Crippen LogP contribution in [0.4, 0.5) is 10.1 Å². The second-order valence-electron chi connectivity index (χ2n) is 4.45. The Morgan fingerprint density at radius 1 is 1.56 bits per heavy atom. The molecule has 0 spiro atoms. The maximum Gasteiger partial charge on any atom is 0.170 e. The quantitative estimate of drug-likeness (QED) is 0.826. The Labute approximate surface area is 112 Å². The summed E-state index contributed by atoms with van der Waals surface area (Å²) in [4.78, 5) is 0. The summed E-state index contributed by atoms with van der Waals surface area (Å²) in [7, 11) is 0. The molecule has 1 aromatic carbocycles. The van der Waals surface area contributed by atoms with E-state index in [2.05, 4.69) is 10.6 Å². The summed E-state index contributed by atoms with van der Waals surface area (Å²) in [5.41, 5.74) is 1.39. The monoisotopic (exact) mass is 268 g/mol. The van der Waals surface area contributed by atoms with Crippen molar-refractivity contribution in [2.24, 2.45) is 0 Å². The van der Waals surface area contributed by atoms with Gasteiger partial charge in [0.25, 0.3) is 0 Å². The van der Waals surface area contributed by atoms with Gasteiger partial charge >= 0.3 is 0 Å². The van der Waals surface area contributed by atoms with E-state index in [-0.39, 0.29) is 11.9 Å². The zero-order chi connectivity index (χ0) is 13.0. The minimum absolute atomic E-state index is 0.215. The highest BCUT2D eigenvalue weighted by atomic mass is 32.1.